The molecule has 1 saturated heterocycles. The van der Waals surface area contributed by atoms with Crippen molar-refractivity contribution in [3.05, 3.63) is 33.1 Å². The van der Waals surface area contributed by atoms with E-state index in [1.54, 1.807) is 0 Å². The Bertz CT molecular complexity index is 1150. The summed E-state index contributed by atoms with van der Waals surface area (Å²) in [6, 6.07) is 1.14. The van der Waals surface area contributed by atoms with Crippen LogP contribution in [0.15, 0.2) is 21.9 Å². The van der Waals surface area contributed by atoms with E-state index in [0.717, 1.165) is 68.4 Å². The summed E-state index contributed by atoms with van der Waals surface area (Å²) in [6.45, 7) is 0.311. The van der Waals surface area contributed by atoms with Crippen molar-refractivity contribution in [1.29, 1.82) is 0 Å². The number of nitrogens with zero attached hydrogens (tertiary/aromatic N) is 1. The van der Waals surface area contributed by atoms with Crippen LogP contribution < -0.4 is 16.6 Å². The molecule has 5 N–H and O–H groups in total. The van der Waals surface area contributed by atoms with Crippen molar-refractivity contribution < 1.29 is 43.3 Å². The van der Waals surface area contributed by atoms with Crippen LogP contribution in [0.25, 0.3) is 0 Å². The molecular weight excluding hydrogens is 621 g/mol. The fourth-order valence-corrected chi connectivity index (χ4v) is 6.03. The van der Waals surface area contributed by atoms with Gasteiger partial charge in [-0.15, -0.1) is 9.42 Å². The number of hydrogen-bond acceptors (Lipinski definition) is 9. The van der Waals surface area contributed by atoms with Crippen molar-refractivity contribution in [1.82, 2.24) is 14.9 Å². The average Bonchev–Trinajstić information content (AvgIpc) is 3.34. The Labute approximate surface area is 271 Å². The first-order valence-electron chi connectivity index (χ1n) is 16.7. The van der Waals surface area contributed by atoms with Crippen LogP contribution in [0.3, 0.4) is 0 Å². The van der Waals surface area contributed by atoms with Crippen LogP contribution in [0.1, 0.15) is 122 Å². The SMILES string of the molecule is O=C(O)CCCCCCCCCCCCCCC(=O)NCCCCCCOC1[C@@H](O[P+](=O)O)[C@@H](CO)O[C@H]1n1ccc(=O)[nH]c1=O. The molecule has 46 heavy (non-hydrogen) atoms. The summed E-state index contributed by atoms with van der Waals surface area (Å²) in [4.78, 5) is 57.8. The molecule has 262 valence electrons. The van der Waals surface area contributed by atoms with E-state index >= 15 is 0 Å². The van der Waals surface area contributed by atoms with Crippen molar-refractivity contribution in [3.8, 4) is 0 Å². The van der Waals surface area contributed by atoms with Gasteiger partial charge in [0.15, 0.2) is 12.3 Å². The van der Waals surface area contributed by atoms with Crippen LogP contribution in [0.2, 0.25) is 0 Å². The highest BCUT2D eigenvalue weighted by molar-refractivity contribution is 7.32. The summed E-state index contributed by atoms with van der Waals surface area (Å²) in [6.07, 6.45) is 14.3. The second kappa shape index (κ2) is 23.8. The number of carbonyl (C=O) groups excluding carboxylic acids is 1. The lowest BCUT2D eigenvalue weighted by Crippen LogP contribution is -2.40. The molecule has 1 aliphatic rings. The Morgan fingerprint density at radius 2 is 1.43 bits per heavy atom. The lowest BCUT2D eigenvalue weighted by atomic mass is 10.0. The second-order valence-corrected chi connectivity index (χ2v) is 12.5. The molecule has 14 nitrogen and oxygen atoms in total. The number of hydrogen-bond donors (Lipinski definition) is 5. The minimum absolute atomic E-state index is 0.0724. The van der Waals surface area contributed by atoms with Crippen molar-refractivity contribution in [2.24, 2.45) is 0 Å². The van der Waals surface area contributed by atoms with Gasteiger partial charge in [-0.05, 0) is 25.7 Å². The first-order chi connectivity index (χ1) is 22.2. The van der Waals surface area contributed by atoms with Crippen molar-refractivity contribution in [2.75, 3.05) is 19.8 Å². The van der Waals surface area contributed by atoms with E-state index in [1.165, 1.54) is 44.7 Å². The number of aliphatic carboxylic acids is 1. The van der Waals surface area contributed by atoms with Crippen LogP contribution >= 0.6 is 8.25 Å². The fraction of sp³-hybridized carbons (Fsp3) is 0.806. The van der Waals surface area contributed by atoms with Gasteiger partial charge in [-0.25, -0.2) is 4.79 Å². The molecule has 0 aromatic carbocycles. The quantitative estimate of drug-likeness (QED) is 0.0664. The van der Waals surface area contributed by atoms with E-state index in [0.29, 0.717) is 19.4 Å². The highest BCUT2D eigenvalue weighted by atomic mass is 31.1. The second-order valence-electron chi connectivity index (χ2n) is 11.8. The summed E-state index contributed by atoms with van der Waals surface area (Å²) >= 11 is 0. The standard InChI is InChI=1S/C31H52N3O11P/c35-23-24-28(45-46(41)42)29(30(44-24)34-21-19-26(37)33-31(34)40)43-22-16-12-11-15-20-32-25(36)17-13-9-7-5-3-1-2-4-6-8-10-14-18-27(38)39/h19,21,24,28-30,35H,1-18,20,22-23H2,(H3-,32,33,36,37,38,39,40,41,42)/p+1/t24-,28+,29?,30-/m1/s1. The number of amides is 1. The molecular formula is C31H53N3O11P+. The first kappa shape index (κ1) is 39.7. The molecule has 0 aliphatic carbocycles. The number of aromatic amines is 1. The summed E-state index contributed by atoms with van der Waals surface area (Å²) in [7, 11) is -3.03. The number of aliphatic hydroxyl groups is 1. The molecule has 0 radical (unpaired) electrons. The lowest BCUT2D eigenvalue weighted by molar-refractivity contribution is -0.137. The van der Waals surface area contributed by atoms with E-state index in [1.807, 2.05) is 0 Å². The van der Waals surface area contributed by atoms with Crippen LogP contribution in [0, 0.1) is 0 Å². The Morgan fingerprint density at radius 3 is 2.00 bits per heavy atom. The summed E-state index contributed by atoms with van der Waals surface area (Å²) in [5.41, 5.74) is -1.34. The maximum Gasteiger partial charge on any atom is 0.695 e. The third-order valence-corrected chi connectivity index (χ3v) is 8.47. The van der Waals surface area contributed by atoms with Gasteiger partial charge in [-0.2, -0.15) is 0 Å². The Hall–Kier alpha value is -2.48. The van der Waals surface area contributed by atoms with Gasteiger partial charge in [0.2, 0.25) is 5.91 Å². The molecule has 0 spiro atoms. The molecule has 1 fully saturated rings. The Kier molecular flexibility index (Phi) is 20.5. The van der Waals surface area contributed by atoms with Gasteiger partial charge in [0, 0.05) is 42.8 Å². The topological polar surface area (TPSA) is 206 Å². The summed E-state index contributed by atoms with van der Waals surface area (Å²) < 4.78 is 29.2. The van der Waals surface area contributed by atoms with Crippen LogP contribution in [0.5, 0.6) is 0 Å². The number of aliphatic hydroxyl groups excluding tert-OH is 1. The summed E-state index contributed by atoms with van der Waals surface area (Å²) in [5.74, 6) is -0.636. The number of carboxylic acid groups (broad SMARTS) is 1. The molecule has 0 saturated carbocycles. The largest absolute Gasteiger partial charge is 0.695 e. The zero-order valence-corrected chi connectivity index (χ0v) is 27.7. The van der Waals surface area contributed by atoms with Gasteiger partial charge in [0.05, 0.1) is 6.61 Å². The van der Waals surface area contributed by atoms with Gasteiger partial charge >= 0.3 is 19.9 Å². The Balaban J connectivity index is 1.51. The maximum absolute atomic E-state index is 12.3. The molecule has 2 unspecified atom stereocenters. The van der Waals surface area contributed by atoms with Crippen LogP contribution in [-0.2, 0) is 28.2 Å². The van der Waals surface area contributed by atoms with E-state index in [9.17, 15) is 33.7 Å². The molecule has 0 bridgehead atoms. The number of nitrogens with one attached hydrogen (secondary N) is 2. The molecule has 1 aliphatic heterocycles. The molecule has 1 aromatic rings. The normalized spacial score (nSPS) is 19.7. The number of aromatic nitrogens is 2. The zero-order chi connectivity index (χ0) is 33.6. The number of ether oxygens (including phenoxy) is 2. The first-order valence-corrected chi connectivity index (χ1v) is 17.9. The predicted octanol–water partition coefficient (Wildman–Crippen LogP) is 4.07. The van der Waals surface area contributed by atoms with Gasteiger partial charge < -0.3 is 25.0 Å². The third kappa shape index (κ3) is 16.4. The number of carbonyl (C=O) groups is 2. The van der Waals surface area contributed by atoms with Gasteiger partial charge in [-0.3, -0.25) is 23.9 Å². The van der Waals surface area contributed by atoms with Gasteiger partial charge in [-0.1, -0.05) is 77.0 Å². The van der Waals surface area contributed by atoms with Gasteiger partial charge in [0.25, 0.3) is 5.56 Å². The fourth-order valence-electron chi connectivity index (χ4n) is 5.56. The Morgan fingerprint density at radius 1 is 0.870 bits per heavy atom. The molecule has 1 aromatic heterocycles. The van der Waals surface area contributed by atoms with E-state index in [4.69, 9.17) is 19.1 Å². The monoisotopic (exact) mass is 674 g/mol. The van der Waals surface area contributed by atoms with E-state index < -0.39 is 56.6 Å². The number of rotatable bonds is 27. The van der Waals surface area contributed by atoms with Crippen molar-refractivity contribution >= 4 is 20.1 Å². The van der Waals surface area contributed by atoms with Crippen molar-refractivity contribution in [2.45, 2.75) is 140 Å². The van der Waals surface area contributed by atoms with Gasteiger partial charge in [0.1, 0.15) is 12.2 Å². The summed E-state index contributed by atoms with van der Waals surface area (Å²) in [5, 5.41) is 21.3. The smallest absolute Gasteiger partial charge is 0.481 e. The van der Waals surface area contributed by atoms with E-state index in [-0.39, 0.29) is 18.9 Å². The minimum atomic E-state index is -3.03. The molecule has 1 amide bonds. The molecule has 5 atom stereocenters. The highest BCUT2D eigenvalue weighted by Crippen LogP contribution is 2.37. The lowest BCUT2D eigenvalue weighted by Gasteiger charge is -2.22. The minimum Gasteiger partial charge on any atom is -0.481 e. The molecule has 2 rings (SSSR count). The molecule has 2 heterocycles. The number of H-pyrrole nitrogens is 1. The number of unbranched alkanes of at least 4 members (excludes halogenated alkanes) is 14. The number of carboxylic acids is 1. The van der Waals surface area contributed by atoms with Crippen LogP contribution in [-0.4, -0.2) is 74.6 Å². The third-order valence-electron chi connectivity index (χ3n) is 8.05. The predicted molar refractivity (Wildman–Crippen MR) is 171 cm³/mol. The van der Waals surface area contributed by atoms with Crippen molar-refractivity contribution in [3.63, 3.8) is 0 Å². The zero-order valence-electron chi connectivity index (χ0n) is 26.8. The maximum atomic E-state index is 12.3. The highest BCUT2D eigenvalue weighted by Gasteiger charge is 2.51. The van der Waals surface area contributed by atoms with Crippen LogP contribution in [0.4, 0.5) is 0 Å². The molecule has 15 heteroatoms. The average molecular weight is 675 g/mol. The van der Waals surface area contributed by atoms with E-state index in [2.05, 4.69) is 10.3 Å².